The fourth-order valence-corrected chi connectivity index (χ4v) is 3.78. The molecule has 3 aromatic rings. The number of hydrogen-bond acceptors (Lipinski definition) is 5. The van der Waals surface area contributed by atoms with E-state index >= 15 is 0 Å². The van der Waals surface area contributed by atoms with Crippen LogP contribution >= 0.6 is 0 Å². The van der Waals surface area contributed by atoms with E-state index in [0.29, 0.717) is 12.4 Å². The van der Waals surface area contributed by atoms with Gasteiger partial charge in [0.1, 0.15) is 17.2 Å². The van der Waals surface area contributed by atoms with Gasteiger partial charge in [-0.25, -0.2) is 4.79 Å². The van der Waals surface area contributed by atoms with Crippen LogP contribution in [0.1, 0.15) is 28.5 Å². The molecule has 0 aliphatic carbocycles. The van der Waals surface area contributed by atoms with E-state index in [2.05, 4.69) is 16.9 Å². The third kappa shape index (κ3) is 4.04. The first kappa shape index (κ1) is 18.9. The van der Waals surface area contributed by atoms with Crippen molar-refractivity contribution < 1.29 is 24.1 Å². The standard InChI is InChI=1S/C24H22O5/c1-27-23(26)15-28-19-10-7-17(8-11-19)24-20-13-18(25)9-12-22(20)29-14-21(24)16-5-3-2-4-6-16/h2-13,21,24-25H,14-15H2,1H3/t21-,24?/m1/s1. The molecule has 148 valence electrons. The molecular weight excluding hydrogens is 368 g/mol. The molecule has 0 amide bonds. The van der Waals surface area contributed by atoms with E-state index in [1.807, 2.05) is 48.5 Å². The molecule has 29 heavy (non-hydrogen) atoms. The highest BCUT2D eigenvalue weighted by Crippen LogP contribution is 2.47. The van der Waals surface area contributed by atoms with Gasteiger partial charge in [-0.05, 0) is 41.5 Å². The maximum Gasteiger partial charge on any atom is 0.343 e. The molecule has 3 aromatic carbocycles. The molecule has 5 heteroatoms. The van der Waals surface area contributed by atoms with Gasteiger partial charge in [-0.2, -0.15) is 0 Å². The van der Waals surface area contributed by atoms with Crippen molar-refractivity contribution in [2.75, 3.05) is 20.3 Å². The molecule has 1 aliphatic heterocycles. The predicted octanol–water partition coefficient (Wildman–Crippen LogP) is 4.25. The first-order chi connectivity index (χ1) is 14.2. The van der Waals surface area contributed by atoms with Gasteiger partial charge in [0.25, 0.3) is 0 Å². The largest absolute Gasteiger partial charge is 0.508 e. The summed E-state index contributed by atoms with van der Waals surface area (Å²) in [7, 11) is 1.33. The molecule has 0 fully saturated rings. The van der Waals surface area contributed by atoms with Crippen LogP contribution in [0.4, 0.5) is 0 Å². The molecule has 5 nitrogen and oxygen atoms in total. The topological polar surface area (TPSA) is 65.0 Å². The van der Waals surface area contributed by atoms with Crippen molar-refractivity contribution in [3.8, 4) is 17.2 Å². The maximum absolute atomic E-state index is 11.3. The summed E-state index contributed by atoms with van der Waals surface area (Å²) in [4.78, 5) is 11.3. The Bertz CT molecular complexity index is 982. The lowest BCUT2D eigenvalue weighted by molar-refractivity contribution is -0.142. The van der Waals surface area contributed by atoms with Gasteiger partial charge in [-0.15, -0.1) is 0 Å². The van der Waals surface area contributed by atoms with Crippen molar-refractivity contribution >= 4 is 5.97 Å². The molecule has 1 N–H and O–H groups in total. The number of benzene rings is 3. The Morgan fingerprint density at radius 3 is 2.52 bits per heavy atom. The second-order valence-corrected chi connectivity index (χ2v) is 6.96. The number of rotatable bonds is 5. The molecule has 0 saturated heterocycles. The van der Waals surface area contributed by atoms with E-state index in [1.165, 1.54) is 12.7 Å². The molecule has 0 spiro atoms. The number of phenols is 1. The number of methoxy groups -OCH3 is 1. The molecular formula is C24H22O5. The summed E-state index contributed by atoms with van der Waals surface area (Å²) in [6, 6.07) is 23.1. The number of aromatic hydroxyl groups is 1. The number of phenolic OH excluding ortho intramolecular Hbond substituents is 1. The average Bonchev–Trinajstić information content (AvgIpc) is 2.77. The summed E-state index contributed by atoms with van der Waals surface area (Å²) in [5, 5.41) is 10.1. The summed E-state index contributed by atoms with van der Waals surface area (Å²) in [5.74, 6) is 1.29. The van der Waals surface area contributed by atoms with Crippen LogP contribution in [0.3, 0.4) is 0 Å². The van der Waals surface area contributed by atoms with Crippen molar-refractivity contribution in [1.82, 2.24) is 0 Å². The number of carbonyl (C=O) groups excluding carboxylic acids is 1. The lowest BCUT2D eigenvalue weighted by Crippen LogP contribution is -2.25. The molecule has 0 bridgehead atoms. The maximum atomic E-state index is 11.3. The van der Waals surface area contributed by atoms with E-state index in [0.717, 1.165) is 16.9 Å². The molecule has 0 saturated carbocycles. The minimum absolute atomic E-state index is 0.0166. The fraction of sp³-hybridized carbons (Fsp3) is 0.208. The number of esters is 1. The van der Waals surface area contributed by atoms with E-state index in [-0.39, 0.29) is 24.2 Å². The summed E-state index contributed by atoms with van der Waals surface area (Å²) < 4.78 is 16.1. The van der Waals surface area contributed by atoms with Crippen LogP contribution in [-0.4, -0.2) is 31.4 Å². The van der Waals surface area contributed by atoms with Crippen molar-refractivity contribution in [3.05, 3.63) is 89.5 Å². The molecule has 4 rings (SSSR count). The van der Waals surface area contributed by atoms with Crippen LogP contribution in [0.5, 0.6) is 17.2 Å². The van der Waals surface area contributed by atoms with Gasteiger partial charge in [-0.1, -0.05) is 42.5 Å². The minimum Gasteiger partial charge on any atom is -0.508 e. The van der Waals surface area contributed by atoms with Crippen molar-refractivity contribution in [2.45, 2.75) is 11.8 Å². The van der Waals surface area contributed by atoms with Crippen LogP contribution in [-0.2, 0) is 9.53 Å². The van der Waals surface area contributed by atoms with Crippen LogP contribution in [0.15, 0.2) is 72.8 Å². The number of ether oxygens (including phenoxy) is 3. The van der Waals surface area contributed by atoms with Crippen molar-refractivity contribution in [3.63, 3.8) is 0 Å². The van der Waals surface area contributed by atoms with Crippen LogP contribution in [0.2, 0.25) is 0 Å². The van der Waals surface area contributed by atoms with E-state index in [9.17, 15) is 9.90 Å². The SMILES string of the molecule is COC(=O)COc1ccc(C2c3cc(O)ccc3OC[C@@H]2c2ccccc2)cc1. The predicted molar refractivity (Wildman–Crippen MR) is 109 cm³/mol. The Morgan fingerprint density at radius 1 is 1.03 bits per heavy atom. The van der Waals surface area contributed by atoms with Gasteiger partial charge >= 0.3 is 5.97 Å². The first-order valence-corrected chi connectivity index (χ1v) is 9.46. The minimum atomic E-state index is -0.424. The highest BCUT2D eigenvalue weighted by Gasteiger charge is 2.33. The molecule has 1 heterocycles. The number of fused-ring (bicyclic) bond motifs is 1. The van der Waals surface area contributed by atoms with Gasteiger partial charge in [0, 0.05) is 17.4 Å². The third-order valence-corrected chi connectivity index (χ3v) is 5.20. The van der Waals surface area contributed by atoms with Gasteiger partial charge in [0.2, 0.25) is 0 Å². The second-order valence-electron chi connectivity index (χ2n) is 6.96. The summed E-state index contributed by atoms with van der Waals surface area (Å²) in [6.07, 6.45) is 0. The van der Waals surface area contributed by atoms with Gasteiger partial charge in [-0.3, -0.25) is 0 Å². The first-order valence-electron chi connectivity index (χ1n) is 9.46. The summed E-state index contributed by atoms with van der Waals surface area (Å²) >= 11 is 0. The van der Waals surface area contributed by atoms with Crippen molar-refractivity contribution in [2.24, 2.45) is 0 Å². The summed E-state index contributed by atoms with van der Waals surface area (Å²) in [5.41, 5.74) is 3.21. The summed E-state index contributed by atoms with van der Waals surface area (Å²) in [6.45, 7) is 0.420. The van der Waals surface area contributed by atoms with Crippen molar-refractivity contribution in [1.29, 1.82) is 0 Å². The Labute approximate surface area is 169 Å². The molecule has 0 radical (unpaired) electrons. The highest BCUT2D eigenvalue weighted by molar-refractivity contribution is 5.70. The van der Waals surface area contributed by atoms with E-state index in [4.69, 9.17) is 9.47 Å². The highest BCUT2D eigenvalue weighted by atomic mass is 16.6. The number of hydrogen-bond donors (Lipinski definition) is 1. The Hall–Kier alpha value is -3.47. The fourth-order valence-electron chi connectivity index (χ4n) is 3.78. The zero-order valence-electron chi connectivity index (χ0n) is 16.1. The lowest BCUT2D eigenvalue weighted by atomic mass is 9.76. The van der Waals surface area contributed by atoms with Gasteiger partial charge in [0.05, 0.1) is 13.7 Å². The van der Waals surface area contributed by atoms with Gasteiger partial charge < -0.3 is 19.3 Å². The Kier molecular flexibility index (Phi) is 5.38. The Balaban J connectivity index is 1.69. The zero-order valence-corrected chi connectivity index (χ0v) is 16.1. The monoisotopic (exact) mass is 390 g/mol. The quantitative estimate of drug-likeness (QED) is 0.660. The number of carbonyl (C=O) groups is 1. The lowest BCUT2D eigenvalue weighted by Gasteiger charge is -2.34. The van der Waals surface area contributed by atoms with E-state index < -0.39 is 5.97 Å². The molecule has 1 unspecified atom stereocenters. The second kappa shape index (κ2) is 8.27. The van der Waals surface area contributed by atoms with Gasteiger partial charge in [0.15, 0.2) is 6.61 Å². The molecule has 2 atom stereocenters. The molecule has 0 aromatic heterocycles. The molecule has 1 aliphatic rings. The zero-order chi connectivity index (χ0) is 20.2. The van der Waals surface area contributed by atoms with Crippen LogP contribution in [0.25, 0.3) is 0 Å². The average molecular weight is 390 g/mol. The van der Waals surface area contributed by atoms with Crippen LogP contribution in [0, 0.1) is 0 Å². The third-order valence-electron chi connectivity index (χ3n) is 5.20. The van der Waals surface area contributed by atoms with E-state index in [1.54, 1.807) is 12.1 Å². The Morgan fingerprint density at radius 2 is 1.79 bits per heavy atom. The normalized spacial score (nSPS) is 17.7. The smallest absolute Gasteiger partial charge is 0.343 e. The van der Waals surface area contributed by atoms with Crippen LogP contribution < -0.4 is 9.47 Å².